The van der Waals surface area contributed by atoms with Gasteiger partial charge in [0.05, 0.1) is 29.7 Å². The van der Waals surface area contributed by atoms with Gasteiger partial charge in [-0.15, -0.1) is 6.58 Å². The number of hydrogen-bond acceptors (Lipinski definition) is 7. The Hall–Kier alpha value is -3.17. The van der Waals surface area contributed by atoms with Crippen molar-refractivity contribution in [2.45, 2.75) is 6.42 Å². The molecule has 9 heteroatoms. The zero-order valence-electron chi connectivity index (χ0n) is 16.3. The minimum Gasteiger partial charge on any atom is -0.493 e. The van der Waals surface area contributed by atoms with Crippen molar-refractivity contribution in [1.29, 1.82) is 0 Å². The van der Waals surface area contributed by atoms with E-state index in [1.807, 2.05) is 6.07 Å². The van der Waals surface area contributed by atoms with E-state index in [0.29, 0.717) is 32.8 Å². The number of thiocarbonyl (C=S) groups is 1. The molecule has 1 fully saturated rings. The van der Waals surface area contributed by atoms with E-state index in [1.54, 1.807) is 38.5 Å². The maximum Gasteiger partial charge on any atom is 0.271 e. The highest BCUT2D eigenvalue weighted by Gasteiger charge is 2.34. The average molecular weight is 443 g/mol. The molecule has 30 heavy (non-hydrogen) atoms. The van der Waals surface area contributed by atoms with Gasteiger partial charge in [-0.05, 0) is 36.3 Å². The Morgan fingerprint density at radius 2 is 2.03 bits per heavy atom. The molecule has 2 aromatic rings. The Morgan fingerprint density at radius 3 is 2.67 bits per heavy atom. The van der Waals surface area contributed by atoms with Crippen LogP contribution in [0, 0.1) is 10.1 Å². The minimum absolute atomic E-state index is 0.112. The first-order valence-electron chi connectivity index (χ1n) is 8.77. The van der Waals surface area contributed by atoms with E-state index in [0.717, 1.165) is 22.9 Å². The van der Waals surface area contributed by atoms with Crippen LogP contribution >= 0.6 is 24.0 Å². The maximum absolute atomic E-state index is 13.0. The third kappa shape index (κ3) is 4.22. The van der Waals surface area contributed by atoms with Crippen LogP contribution in [-0.4, -0.2) is 29.4 Å². The zero-order chi connectivity index (χ0) is 21.8. The van der Waals surface area contributed by atoms with E-state index in [9.17, 15) is 14.9 Å². The third-order valence-electron chi connectivity index (χ3n) is 4.33. The van der Waals surface area contributed by atoms with Crippen molar-refractivity contribution in [3.8, 4) is 11.5 Å². The summed E-state index contributed by atoms with van der Waals surface area (Å²) in [7, 11) is 3.11. The van der Waals surface area contributed by atoms with Crippen LogP contribution in [0.4, 0.5) is 11.4 Å². The molecule has 0 aromatic heterocycles. The molecule has 154 valence electrons. The Labute approximate surface area is 183 Å². The van der Waals surface area contributed by atoms with Gasteiger partial charge in [-0.25, -0.2) is 0 Å². The number of hydrogen-bond donors (Lipinski definition) is 0. The Bertz CT molecular complexity index is 1080. The fourth-order valence-electron chi connectivity index (χ4n) is 3.04. The van der Waals surface area contributed by atoms with Crippen LogP contribution in [0.2, 0.25) is 0 Å². The molecule has 0 radical (unpaired) electrons. The van der Waals surface area contributed by atoms with Gasteiger partial charge in [0.15, 0.2) is 15.8 Å². The first kappa shape index (κ1) is 21.5. The van der Waals surface area contributed by atoms with E-state index in [-0.39, 0.29) is 11.6 Å². The summed E-state index contributed by atoms with van der Waals surface area (Å²) < 4.78 is 11.2. The van der Waals surface area contributed by atoms with Gasteiger partial charge in [0.2, 0.25) is 0 Å². The molecular weight excluding hydrogens is 424 g/mol. The smallest absolute Gasteiger partial charge is 0.271 e. The first-order valence-corrected chi connectivity index (χ1v) is 10.00. The number of non-ortho nitro benzene ring substituents is 1. The molecule has 3 rings (SSSR count). The van der Waals surface area contributed by atoms with Crippen molar-refractivity contribution in [2.75, 3.05) is 19.1 Å². The monoisotopic (exact) mass is 442 g/mol. The molecule has 0 saturated carbocycles. The lowest BCUT2D eigenvalue weighted by Crippen LogP contribution is -2.27. The van der Waals surface area contributed by atoms with Gasteiger partial charge in [-0.1, -0.05) is 36.1 Å². The second-order valence-electron chi connectivity index (χ2n) is 6.20. The molecule has 0 N–H and O–H groups in total. The summed E-state index contributed by atoms with van der Waals surface area (Å²) in [4.78, 5) is 25.2. The number of nitro benzene ring substituents is 1. The number of allylic oxidation sites excluding steroid dienone is 1. The van der Waals surface area contributed by atoms with Crippen molar-refractivity contribution in [2.24, 2.45) is 0 Å². The Kier molecular flexibility index (Phi) is 6.53. The number of ether oxygens (including phenoxy) is 2. The number of thioether (sulfide) groups is 1. The van der Waals surface area contributed by atoms with E-state index in [1.165, 1.54) is 23.1 Å². The maximum atomic E-state index is 13.0. The molecule has 0 spiro atoms. The van der Waals surface area contributed by atoms with Crippen LogP contribution in [0.5, 0.6) is 11.5 Å². The normalized spacial score (nSPS) is 14.9. The Balaban J connectivity index is 1.99. The molecule has 1 aliphatic rings. The van der Waals surface area contributed by atoms with Gasteiger partial charge in [-0.3, -0.25) is 19.8 Å². The minimum atomic E-state index is -0.512. The number of carbonyl (C=O) groups is 1. The number of anilines is 1. The summed E-state index contributed by atoms with van der Waals surface area (Å²) in [5, 5.41) is 11.1. The van der Waals surface area contributed by atoms with Crippen molar-refractivity contribution in [3.63, 3.8) is 0 Å². The van der Waals surface area contributed by atoms with Gasteiger partial charge >= 0.3 is 0 Å². The molecule has 0 bridgehead atoms. The van der Waals surface area contributed by atoms with E-state index in [4.69, 9.17) is 21.7 Å². The van der Waals surface area contributed by atoms with Crippen molar-refractivity contribution in [1.82, 2.24) is 0 Å². The first-order chi connectivity index (χ1) is 14.4. The standard InChI is InChI=1S/C21H18N2O5S2/c1-4-6-14-9-13(10-17(27-2)19(14)28-3)11-18-20(24)22(21(29)30-18)15-7-5-8-16(12-15)23(25)26/h4-5,7-12H,1,6H2,2-3H3/b18-11+. The fourth-order valence-corrected chi connectivity index (χ4v) is 4.34. The predicted octanol–water partition coefficient (Wildman–Crippen LogP) is 4.75. The predicted molar refractivity (Wildman–Crippen MR) is 122 cm³/mol. The summed E-state index contributed by atoms with van der Waals surface area (Å²) in [6, 6.07) is 9.48. The lowest BCUT2D eigenvalue weighted by molar-refractivity contribution is -0.384. The second kappa shape index (κ2) is 9.10. The quantitative estimate of drug-likeness (QED) is 0.201. The molecule has 1 heterocycles. The molecule has 0 atom stereocenters. The molecule has 1 saturated heterocycles. The number of nitro groups is 1. The van der Waals surface area contributed by atoms with Crippen molar-refractivity contribution >= 4 is 51.7 Å². The number of nitrogens with zero attached hydrogens (tertiary/aromatic N) is 2. The van der Waals surface area contributed by atoms with Gasteiger partial charge in [0.25, 0.3) is 11.6 Å². The van der Waals surface area contributed by atoms with E-state index >= 15 is 0 Å². The van der Waals surface area contributed by atoms with Gasteiger partial charge in [0.1, 0.15) is 0 Å². The SMILES string of the molecule is C=CCc1cc(/C=C2/SC(=S)N(c3cccc([N+](=O)[O-])c3)C2=O)cc(OC)c1OC. The number of rotatable bonds is 7. The van der Waals surface area contributed by atoms with Crippen molar-refractivity contribution in [3.05, 3.63) is 75.2 Å². The van der Waals surface area contributed by atoms with Gasteiger partial charge < -0.3 is 9.47 Å². The van der Waals surface area contributed by atoms with Crippen molar-refractivity contribution < 1.29 is 19.2 Å². The topological polar surface area (TPSA) is 81.9 Å². The van der Waals surface area contributed by atoms with Crippen LogP contribution in [0.1, 0.15) is 11.1 Å². The van der Waals surface area contributed by atoms with E-state index in [2.05, 4.69) is 6.58 Å². The lowest BCUT2D eigenvalue weighted by Gasteiger charge is -2.14. The molecular formula is C21H18N2O5S2. The summed E-state index contributed by atoms with van der Waals surface area (Å²) >= 11 is 6.49. The summed E-state index contributed by atoms with van der Waals surface area (Å²) in [5.41, 5.74) is 1.85. The van der Waals surface area contributed by atoms with Crippen LogP contribution in [0.3, 0.4) is 0 Å². The largest absolute Gasteiger partial charge is 0.493 e. The summed E-state index contributed by atoms with van der Waals surface area (Å²) in [5.74, 6) is 0.807. The molecule has 7 nitrogen and oxygen atoms in total. The molecule has 1 amide bonds. The number of carbonyl (C=O) groups excluding carboxylic acids is 1. The van der Waals surface area contributed by atoms with Gasteiger partial charge in [0, 0.05) is 17.7 Å². The average Bonchev–Trinajstić information content (AvgIpc) is 3.00. The second-order valence-corrected chi connectivity index (χ2v) is 7.88. The number of benzene rings is 2. The fraction of sp³-hybridized carbons (Fsp3) is 0.143. The molecule has 0 aliphatic carbocycles. The van der Waals surface area contributed by atoms with Crippen LogP contribution in [0.15, 0.2) is 54.0 Å². The summed E-state index contributed by atoms with van der Waals surface area (Å²) in [6.07, 6.45) is 4.03. The highest BCUT2D eigenvalue weighted by atomic mass is 32.2. The zero-order valence-corrected chi connectivity index (χ0v) is 17.9. The third-order valence-corrected chi connectivity index (χ3v) is 5.63. The Morgan fingerprint density at radius 1 is 1.27 bits per heavy atom. The van der Waals surface area contributed by atoms with Crippen LogP contribution in [-0.2, 0) is 11.2 Å². The number of methoxy groups -OCH3 is 2. The number of amides is 1. The van der Waals surface area contributed by atoms with Crippen LogP contribution < -0.4 is 14.4 Å². The highest BCUT2D eigenvalue weighted by molar-refractivity contribution is 8.27. The van der Waals surface area contributed by atoms with Gasteiger partial charge in [-0.2, -0.15) is 0 Å². The summed E-state index contributed by atoms with van der Waals surface area (Å²) in [6.45, 7) is 3.76. The lowest BCUT2D eigenvalue weighted by atomic mass is 10.0. The molecule has 0 unspecified atom stereocenters. The van der Waals surface area contributed by atoms with Crippen LogP contribution in [0.25, 0.3) is 6.08 Å². The van der Waals surface area contributed by atoms with E-state index < -0.39 is 4.92 Å². The highest BCUT2D eigenvalue weighted by Crippen LogP contribution is 2.39. The molecule has 2 aromatic carbocycles. The molecule has 1 aliphatic heterocycles.